The summed E-state index contributed by atoms with van der Waals surface area (Å²) in [5, 5.41) is 6.12. The highest BCUT2D eigenvalue weighted by atomic mass is 79.9. The SMILES string of the molecule is Cc1ccc(NC(=S)Nc2cccc(Cl)c2F)c(Br)c1. The number of halogens is 3. The molecular weight excluding hydrogens is 363 g/mol. The summed E-state index contributed by atoms with van der Waals surface area (Å²) in [5.74, 6) is -0.527. The van der Waals surface area contributed by atoms with Gasteiger partial charge in [-0.1, -0.05) is 23.7 Å². The first-order valence-corrected chi connectivity index (χ1v) is 7.33. The van der Waals surface area contributed by atoms with Crippen molar-refractivity contribution in [1.82, 2.24) is 0 Å². The number of anilines is 2. The van der Waals surface area contributed by atoms with Crippen LogP contribution in [-0.2, 0) is 0 Å². The topological polar surface area (TPSA) is 24.1 Å². The Hall–Kier alpha value is -1.17. The third-order valence-corrected chi connectivity index (χ3v) is 3.72. The van der Waals surface area contributed by atoms with Gasteiger partial charge in [0, 0.05) is 4.47 Å². The Morgan fingerprint density at radius 1 is 1.20 bits per heavy atom. The minimum Gasteiger partial charge on any atom is -0.332 e. The minimum atomic E-state index is -0.527. The number of benzene rings is 2. The molecule has 0 amide bonds. The van der Waals surface area contributed by atoms with Gasteiger partial charge in [-0.3, -0.25) is 0 Å². The number of aryl methyl sites for hydroxylation is 1. The Bertz CT molecular complexity index is 664. The first kappa shape index (κ1) is 15.2. The molecule has 0 bridgehead atoms. The summed E-state index contributed by atoms with van der Waals surface area (Å²) >= 11 is 14.3. The molecule has 2 N–H and O–H groups in total. The lowest BCUT2D eigenvalue weighted by Crippen LogP contribution is -2.20. The maximum atomic E-state index is 13.7. The van der Waals surface area contributed by atoms with Crippen LogP contribution < -0.4 is 10.6 Å². The van der Waals surface area contributed by atoms with Crippen molar-refractivity contribution in [1.29, 1.82) is 0 Å². The van der Waals surface area contributed by atoms with Crippen LogP contribution >= 0.6 is 39.7 Å². The first-order chi connectivity index (χ1) is 9.47. The average Bonchev–Trinajstić information content (AvgIpc) is 2.38. The summed E-state index contributed by atoms with van der Waals surface area (Å²) in [6.45, 7) is 1.99. The second-order valence-corrected chi connectivity index (χ2v) is 5.83. The standard InChI is InChI=1S/C14H11BrClFN2S/c1-8-5-6-11(9(15)7-8)18-14(20)19-12-4-2-3-10(16)13(12)17/h2-7H,1H3,(H2,18,19,20). The molecule has 2 rings (SSSR count). The molecule has 0 heterocycles. The van der Waals surface area contributed by atoms with Crippen molar-refractivity contribution in [2.45, 2.75) is 6.92 Å². The van der Waals surface area contributed by atoms with Gasteiger partial charge >= 0.3 is 0 Å². The summed E-state index contributed by atoms with van der Waals surface area (Å²) < 4.78 is 14.6. The van der Waals surface area contributed by atoms with E-state index in [2.05, 4.69) is 26.6 Å². The average molecular weight is 374 g/mol. The molecule has 0 saturated carbocycles. The summed E-state index contributed by atoms with van der Waals surface area (Å²) in [5.41, 5.74) is 2.16. The van der Waals surface area contributed by atoms with Crippen molar-refractivity contribution in [2.24, 2.45) is 0 Å². The smallest absolute Gasteiger partial charge is 0.175 e. The maximum absolute atomic E-state index is 13.7. The van der Waals surface area contributed by atoms with Crippen LogP contribution in [0.5, 0.6) is 0 Å². The van der Waals surface area contributed by atoms with E-state index in [1.807, 2.05) is 25.1 Å². The maximum Gasteiger partial charge on any atom is 0.175 e. The van der Waals surface area contributed by atoms with E-state index in [-0.39, 0.29) is 15.8 Å². The lowest BCUT2D eigenvalue weighted by atomic mass is 10.2. The third kappa shape index (κ3) is 3.69. The van der Waals surface area contributed by atoms with Crippen molar-refractivity contribution in [2.75, 3.05) is 10.6 Å². The molecule has 0 aliphatic carbocycles. The van der Waals surface area contributed by atoms with E-state index in [1.165, 1.54) is 6.07 Å². The van der Waals surface area contributed by atoms with Gasteiger partial charge < -0.3 is 10.6 Å². The van der Waals surface area contributed by atoms with Crippen LogP contribution in [-0.4, -0.2) is 5.11 Å². The minimum absolute atomic E-state index is 0.0503. The second-order valence-electron chi connectivity index (χ2n) is 4.16. The summed E-state index contributed by atoms with van der Waals surface area (Å²) in [6, 6.07) is 10.5. The predicted octanol–water partition coefficient (Wildman–Crippen LogP) is 5.36. The molecule has 0 saturated heterocycles. The molecule has 0 fully saturated rings. The first-order valence-electron chi connectivity index (χ1n) is 5.75. The Labute approximate surface area is 135 Å². The molecule has 20 heavy (non-hydrogen) atoms. The van der Waals surface area contributed by atoms with E-state index in [4.69, 9.17) is 23.8 Å². The van der Waals surface area contributed by atoms with Gasteiger partial charge in [0.2, 0.25) is 0 Å². The van der Waals surface area contributed by atoms with Crippen molar-refractivity contribution >= 4 is 56.2 Å². The van der Waals surface area contributed by atoms with Gasteiger partial charge in [0.05, 0.1) is 16.4 Å². The van der Waals surface area contributed by atoms with Gasteiger partial charge in [-0.25, -0.2) is 4.39 Å². The van der Waals surface area contributed by atoms with Crippen LogP contribution in [0.1, 0.15) is 5.56 Å². The van der Waals surface area contributed by atoms with Crippen molar-refractivity contribution in [3.8, 4) is 0 Å². The molecule has 2 nitrogen and oxygen atoms in total. The van der Waals surface area contributed by atoms with Crippen LogP contribution in [0.2, 0.25) is 5.02 Å². The molecule has 2 aromatic rings. The van der Waals surface area contributed by atoms with Gasteiger partial charge in [0.1, 0.15) is 0 Å². The highest BCUT2D eigenvalue weighted by molar-refractivity contribution is 9.10. The molecule has 104 valence electrons. The van der Waals surface area contributed by atoms with E-state index >= 15 is 0 Å². The molecule has 0 aliphatic heterocycles. The molecule has 0 unspecified atom stereocenters. The van der Waals surface area contributed by atoms with Crippen LogP contribution in [0, 0.1) is 12.7 Å². The van der Waals surface area contributed by atoms with E-state index in [0.717, 1.165) is 15.7 Å². The largest absolute Gasteiger partial charge is 0.332 e. The van der Waals surface area contributed by atoms with E-state index < -0.39 is 5.82 Å². The van der Waals surface area contributed by atoms with Gasteiger partial charge in [-0.15, -0.1) is 0 Å². The van der Waals surface area contributed by atoms with Gasteiger partial charge in [0.25, 0.3) is 0 Å². The molecular formula is C14H11BrClFN2S. The summed E-state index contributed by atoms with van der Waals surface area (Å²) in [7, 11) is 0. The number of rotatable bonds is 2. The van der Waals surface area contributed by atoms with Crippen molar-refractivity contribution in [3.63, 3.8) is 0 Å². The summed E-state index contributed by atoms with van der Waals surface area (Å²) in [4.78, 5) is 0. The zero-order valence-electron chi connectivity index (χ0n) is 10.5. The lowest BCUT2D eigenvalue weighted by Gasteiger charge is -2.13. The highest BCUT2D eigenvalue weighted by Crippen LogP contribution is 2.25. The Morgan fingerprint density at radius 2 is 1.90 bits per heavy atom. The number of hydrogen-bond acceptors (Lipinski definition) is 1. The van der Waals surface area contributed by atoms with Crippen LogP contribution in [0.4, 0.5) is 15.8 Å². The van der Waals surface area contributed by atoms with Crippen LogP contribution in [0.3, 0.4) is 0 Å². The molecule has 6 heteroatoms. The highest BCUT2D eigenvalue weighted by Gasteiger charge is 2.08. The van der Waals surface area contributed by atoms with Gasteiger partial charge in [-0.05, 0) is 64.9 Å². The zero-order valence-corrected chi connectivity index (χ0v) is 13.7. The molecule has 0 aliphatic rings. The number of nitrogens with one attached hydrogen (secondary N) is 2. The molecule has 2 aromatic carbocycles. The Kier molecular flexibility index (Phi) is 4.96. The van der Waals surface area contributed by atoms with Crippen molar-refractivity contribution < 1.29 is 4.39 Å². The predicted molar refractivity (Wildman–Crippen MR) is 90.1 cm³/mol. The quantitative estimate of drug-likeness (QED) is 0.693. The Morgan fingerprint density at radius 3 is 2.60 bits per heavy atom. The Balaban J connectivity index is 2.11. The number of hydrogen-bond donors (Lipinski definition) is 2. The number of thiocarbonyl (C=S) groups is 1. The fourth-order valence-electron chi connectivity index (χ4n) is 1.60. The normalized spacial score (nSPS) is 10.2. The third-order valence-electron chi connectivity index (χ3n) is 2.57. The van der Waals surface area contributed by atoms with E-state index in [0.29, 0.717) is 0 Å². The van der Waals surface area contributed by atoms with Gasteiger partial charge in [0.15, 0.2) is 10.9 Å². The van der Waals surface area contributed by atoms with Crippen LogP contribution in [0.25, 0.3) is 0 Å². The zero-order chi connectivity index (χ0) is 14.7. The van der Waals surface area contributed by atoms with E-state index in [1.54, 1.807) is 12.1 Å². The molecule has 0 radical (unpaired) electrons. The molecule has 0 spiro atoms. The fraction of sp³-hybridized carbons (Fsp3) is 0.0714. The fourth-order valence-corrected chi connectivity index (χ4v) is 2.58. The van der Waals surface area contributed by atoms with Crippen LogP contribution in [0.15, 0.2) is 40.9 Å². The molecule has 0 aromatic heterocycles. The monoisotopic (exact) mass is 372 g/mol. The molecule has 0 atom stereocenters. The van der Waals surface area contributed by atoms with Crippen molar-refractivity contribution in [3.05, 3.63) is 57.3 Å². The van der Waals surface area contributed by atoms with Gasteiger partial charge in [-0.2, -0.15) is 0 Å². The van der Waals surface area contributed by atoms with E-state index in [9.17, 15) is 4.39 Å². The lowest BCUT2D eigenvalue weighted by molar-refractivity contribution is 0.632. The second kappa shape index (κ2) is 6.52. The summed E-state index contributed by atoms with van der Waals surface area (Å²) in [6.07, 6.45) is 0.